The molecule has 0 bridgehead atoms. The zero-order valence-corrected chi connectivity index (χ0v) is 13.9. The van der Waals surface area contributed by atoms with Crippen LogP contribution in [0.25, 0.3) is 0 Å². The summed E-state index contributed by atoms with van der Waals surface area (Å²) in [5, 5.41) is 0. The van der Waals surface area contributed by atoms with Gasteiger partial charge in [-0.05, 0) is 49.4 Å². The van der Waals surface area contributed by atoms with E-state index in [1.807, 2.05) is 0 Å². The van der Waals surface area contributed by atoms with Crippen LogP contribution >= 0.6 is 0 Å². The van der Waals surface area contributed by atoms with E-state index >= 15 is 0 Å². The minimum atomic E-state index is -3.97. The fraction of sp³-hybridized carbons (Fsp3) is 0.188. The Kier molecular flexibility index (Phi) is 5.40. The Balaban J connectivity index is 2.20. The lowest BCUT2D eigenvalue weighted by molar-refractivity contribution is 0.0526. The zero-order chi connectivity index (χ0) is 17.7. The molecule has 0 heterocycles. The highest BCUT2D eigenvalue weighted by molar-refractivity contribution is 7.92. The molecule has 2 rings (SSSR count). The lowest BCUT2D eigenvalue weighted by atomic mass is 10.2. The van der Waals surface area contributed by atoms with E-state index in [-0.39, 0.29) is 22.9 Å². The Labute approximate surface area is 139 Å². The van der Waals surface area contributed by atoms with Crippen LogP contribution in [0.1, 0.15) is 17.3 Å². The quantitative estimate of drug-likeness (QED) is 0.808. The van der Waals surface area contributed by atoms with Gasteiger partial charge >= 0.3 is 5.97 Å². The Hall–Kier alpha value is -2.61. The van der Waals surface area contributed by atoms with E-state index < -0.39 is 21.8 Å². The number of anilines is 1. The van der Waals surface area contributed by atoms with Crippen molar-refractivity contribution in [2.24, 2.45) is 0 Å². The molecule has 0 saturated heterocycles. The summed E-state index contributed by atoms with van der Waals surface area (Å²) in [6.45, 7) is 1.94. The molecule has 0 aromatic heterocycles. The van der Waals surface area contributed by atoms with Gasteiger partial charge in [0.05, 0.1) is 24.2 Å². The Morgan fingerprint density at radius 2 is 1.83 bits per heavy atom. The zero-order valence-electron chi connectivity index (χ0n) is 13.1. The van der Waals surface area contributed by atoms with Gasteiger partial charge in [0, 0.05) is 5.69 Å². The predicted molar refractivity (Wildman–Crippen MR) is 86.2 cm³/mol. The number of esters is 1. The maximum absolute atomic E-state index is 13.7. The van der Waals surface area contributed by atoms with Crippen LogP contribution in [-0.4, -0.2) is 28.1 Å². The molecule has 128 valence electrons. The number of benzene rings is 2. The molecule has 8 heteroatoms. The molecule has 0 saturated carbocycles. The third-order valence-electron chi connectivity index (χ3n) is 3.08. The van der Waals surface area contributed by atoms with Crippen molar-refractivity contribution in [3.8, 4) is 5.75 Å². The van der Waals surface area contributed by atoms with E-state index in [0.717, 1.165) is 6.07 Å². The van der Waals surface area contributed by atoms with Gasteiger partial charge in [0.25, 0.3) is 10.0 Å². The number of halogens is 1. The number of sulfonamides is 1. The third kappa shape index (κ3) is 4.02. The van der Waals surface area contributed by atoms with Crippen LogP contribution in [0.3, 0.4) is 0 Å². The summed E-state index contributed by atoms with van der Waals surface area (Å²) in [6.07, 6.45) is 0. The third-order valence-corrected chi connectivity index (χ3v) is 4.46. The molecule has 0 fully saturated rings. The van der Waals surface area contributed by atoms with Crippen LogP contribution in [0.4, 0.5) is 10.1 Å². The van der Waals surface area contributed by atoms with Gasteiger partial charge in [-0.15, -0.1) is 0 Å². The summed E-state index contributed by atoms with van der Waals surface area (Å²) < 4.78 is 50.1. The van der Waals surface area contributed by atoms with E-state index in [2.05, 4.69) is 4.72 Å². The smallest absolute Gasteiger partial charge is 0.338 e. The fourth-order valence-electron chi connectivity index (χ4n) is 1.92. The molecular formula is C16H16FNO5S. The average molecular weight is 353 g/mol. The number of rotatable bonds is 6. The molecule has 0 amide bonds. The highest BCUT2D eigenvalue weighted by Crippen LogP contribution is 2.22. The maximum atomic E-state index is 13.7. The Morgan fingerprint density at radius 3 is 2.38 bits per heavy atom. The van der Waals surface area contributed by atoms with Crippen LogP contribution in [0.15, 0.2) is 47.4 Å². The van der Waals surface area contributed by atoms with Crippen molar-refractivity contribution < 1.29 is 27.1 Å². The van der Waals surface area contributed by atoms with Crippen LogP contribution in [0, 0.1) is 5.82 Å². The highest BCUT2D eigenvalue weighted by atomic mass is 32.2. The van der Waals surface area contributed by atoms with E-state index in [9.17, 15) is 17.6 Å². The molecule has 0 aliphatic heterocycles. The predicted octanol–water partition coefficient (Wildman–Crippen LogP) is 2.81. The van der Waals surface area contributed by atoms with Gasteiger partial charge in [0.2, 0.25) is 0 Å². The van der Waals surface area contributed by atoms with E-state index in [1.165, 1.54) is 43.5 Å². The lowest BCUT2D eigenvalue weighted by Gasteiger charge is -2.10. The molecule has 1 N–H and O–H groups in total. The van der Waals surface area contributed by atoms with Crippen molar-refractivity contribution in [2.75, 3.05) is 18.4 Å². The van der Waals surface area contributed by atoms with Crippen LogP contribution in [-0.2, 0) is 14.8 Å². The van der Waals surface area contributed by atoms with Gasteiger partial charge in [-0.3, -0.25) is 4.72 Å². The van der Waals surface area contributed by atoms with E-state index in [0.29, 0.717) is 5.56 Å². The standard InChI is InChI=1S/C16H16FNO5S/c1-3-23-16(19)11-4-6-12(7-5-11)18-24(20,21)13-8-9-15(22-2)14(17)10-13/h4-10,18H,3H2,1-2H3. The molecule has 2 aromatic rings. The Morgan fingerprint density at radius 1 is 1.17 bits per heavy atom. The van der Waals surface area contributed by atoms with Crippen molar-refractivity contribution in [3.05, 3.63) is 53.8 Å². The van der Waals surface area contributed by atoms with Gasteiger partial charge in [-0.2, -0.15) is 0 Å². The molecule has 0 aliphatic carbocycles. The number of ether oxygens (including phenoxy) is 2. The first-order chi connectivity index (χ1) is 11.4. The van der Waals surface area contributed by atoms with Gasteiger partial charge in [-0.1, -0.05) is 0 Å². The van der Waals surface area contributed by atoms with Crippen LogP contribution in [0.5, 0.6) is 5.75 Å². The van der Waals surface area contributed by atoms with Crippen molar-refractivity contribution in [2.45, 2.75) is 11.8 Å². The second-order valence-electron chi connectivity index (χ2n) is 4.70. The molecule has 0 radical (unpaired) electrons. The maximum Gasteiger partial charge on any atom is 0.338 e. The van der Waals surface area contributed by atoms with Gasteiger partial charge < -0.3 is 9.47 Å². The monoisotopic (exact) mass is 353 g/mol. The summed E-state index contributed by atoms with van der Waals surface area (Å²) >= 11 is 0. The van der Waals surface area contributed by atoms with Gasteiger partial charge in [-0.25, -0.2) is 17.6 Å². The molecule has 0 unspecified atom stereocenters. The lowest BCUT2D eigenvalue weighted by Crippen LogP contribution is -2.13. The Bertz CT molecular complexity index is 834. The van der Waals surface area contributed by atoms with Crippen LogP contribution in [0.2, 0.25) is 0 Å². The summed E-state index contributed by atoms with van der Waals surface area (Å²) in [5.41, 5.74) is 0.537. The van der Waals surface area contributed by atoms with Crippen LogP contribution < -0.4 is 9.46 Å². The first kappa shape index (κ1) is 17.7. The second-order valence-corrected chi connectivity index (χ2v) is 6.38. The topological polar surface area (TPSA) is 81.7 Å². The SMILES string of the molecule is CCOC(=O)c1ccc(NS(=O)(=O)c2ccc(OC)c(F)c2)cc1. The van der Waals surface area contributed by atoms with Crippen molar-refractivity contribution in [1.82, 2.24) is 0 Å². The molecule has 0 atom stereocenters. The minimum Gasteiger partial charge on any atom is -0.494 e. The number of methoxy groups -OCH3 is 1. The van der Waals surface area contributed by atoms with Gasteiger partial charge in [0.1, 0.15) is 0 Å². The van der Waals surface area contributed by atoms with Crippen molar-refractivity contribution in [1.29, 1.82) is 0 Å². The average Bonchev–Trinajstić information content (AvgIpc) is 2.55. The molecule has 0 spiro atoms. The number of hydrogen-bond acceptors (Lipinski definition) is 5. The normalized spacial score (nSPS) is 11.0. The number of carbonyl (C=O) groups is 1. The molecule has 24 heavy (non-hydrogen) atoms. The molecule has 6 nitrogen and oxygen atoms in total. The summed E-state index contributed by atoms with van der Waals surface area (Å²) in [6, 6.07) is 9.04. The van der Waals surface area contributed by atoms with Crippen molar-refractivity contribution in [3.63, 3.8) is 0 Å². The fourth-order valence-corrected chi connectivity index (χ4v) is 2.99. The van der Waals surface area contributed by atoms with E-state index in [1.54, 1.807) is 6.92 Å². The number of nitrogens with one attached hydrogen (secondary N) is 1. The molecular weight excluding hydrogens is 337 g/mol. The van der Waals surface area contributed by atoms with Gasteiger partial charge in [0.15, 0.2) is 11.6 Å². The molecule has 2 aromatic carbocycles. The highest BCUT2D eigenvalue weighted by Gasteiger charge is 2.17. The first-order valence-electron chi connectivity index (χ1n) is 7.01. The summed E-state index contributed by atoms with van der Waals surface area (Å²) in [4.78, 5) is 11.3. The number of hydrogen-bond donors (Lipinski definition) is 1. The largest absolute Gasteiger partial charge is 0.494 e. The minimum absolute atomic E-state index is 0.0484. The second kappa shape index (κ2) is 7.31. The summed E-state index contributed by atoms with van der Waals surface area (Å²) in [5.74, 6) is -1.32. The number of carbonyl (C=O) groups excluding carboxylic acids is 1. The summed E-state index contributed by atoms with van der Waals surface area (Å²) in [7, 11) is -2.68. The molecule has 0 aliphatic rings. The van der Waals surface area contributed by atoms with E-state index in [4.69, 9.17) is 9.47 Å². The van der Waals surface area contributed by atoms with Crippen molar-refractivity contribution >= 4 is 21.7 Å². The first-order valence-corrected chi connectivity index (χ1v) is 8.49.